The molecule has 0 saturated heterocycles. The Labute approximate surface area is 150 Å². The van der Waals surface area contributed by atoms with Gasteiger partial charge in [0.05, 0.1) is 0 Å². The number of nitrogens with zero attached hydrogens (tertiary/aromatic N) is 2. The molecule has 0 aliphatic rings. The van der Waals surface area contributed by atoms with Crippen LogP contribution in [-0.2, 0) is 9.59 Å². The van der Waals surface area contributed by atoms with Crippen molar-refractivity contribution in [3.8, 4) is 0 Å². The van der Waals surface area contributed by atoms with E-state index in [1.165, 1.54) is 6.92 Å². The van der Waals surface area contributed by atoms with Crippen LogP contribution in [0.4, 0.5) is 11.4 Å². The molecule has 0 spiro atoms. The second kappa shape index (κ2) is 7.97. The van der Waals surface area contributed by atoms with Crippen LogP contribution in [0.3, 0.4) is 0 Å². The molecule has 2 aromatic rings. The molecular formula is C21H26N2O2. The number of hydrogen-bond acceptors (Lipinski definition) is 2. The Morgan fingerprint density at radius 1 is 0.920 bits per heavy atom. The number of carbonyl (C=O) groups excluding carboxylic acids is 2. The highest BCUT2D eigenvalue weighted by Crippen LogP contribution is 2.22. The monoisotopic (exact) mass is 338 g/mol. The number of amides is 2. The van der Waals surface area contributed by atoms with Crippen molar-refractivity contribution in [2.24, 2.45) is 0 Å². The minimum atomic E-state index is -0.138. The number of benzene rings is 2. The molecule has 25 heavy (non-hydrogen) atoms. The van der Waals surface area contributed by atoms with Gasteiger partial charge in [0.1, 0.15) is 6.54 Å². The Balaban J connectivity index is 2.29. The summed E-state index contributed by atoms with van der Waals surface area (Å²) in [4.78, 5) is 28.3. The zero-order chi connectivity index (χ0) is 18.6. The lowest BCUT2D eigenvalue weighted by atomic mass is 10.1. The fourth-order valence-electron chi connectivity index (χ4n) is 2.99. The summed E-state index contributed by atoms with van der Waals surface area (Å²) in [5, 5.41) is 0. The molecule has 0 aliphatic carbocycles. The van der Waals surface area contributed by atoms with E-state index in [2.05, 4.69) is 0 Å². The lowest BCUT2D eigenvalue weighted by molar-refractivity contribution is -0.121. The quantitative estimate of drug-likeness (QED) is 0.826. The molecule has 0 bridgehead atoms. The summed E-state index contributed by atoms with van der Waals surface area (Å²) in [6.45, 7) is 9.99. The highest BCUT2D eigenvalue weighted by molar-refractivity contribution is 6.03. The molecule has 0 radical (unpaired) electrons. The van der Waals surface area contributed by atoms with Crippen LogP contribution in [0.5, 0.6) is 0 Å². The molecule has 4 heteroatoms. The van der Waals surface area contributed by atoms with Crippen LogP contribution in [0, 0.1) is 20.8 Å². The molecule has 0 fully saturated rings. The second-order valence-corrected chi connectivity index (χ2v) is 6.37. The summed E-state index contributed by atoms with van der Waals surface area (Å²) in [6, 6.07) is 13.7. The van der Waals surface area contributed by atoms with Crippen molar-refractivity contribution in [1.29, 1.82) is 0 Å². The highest BCUT2D eigenvalue weighted by Gasteiger charge is 2.22. The van der Waals surface area contributed by atoms with Crippen LogP contribution >= 0.6 is 0 Å². The highest BCUT2D eigenvalue weighted by atomic mass is 16.2. The molecule has 4 nitrogen and oxygen atoms in total. The molecule has 132 valence electrons. The molecule has 2 rings (SSSR count). The topological polar surface area (TPSA) is 40.6 Å². The van der Waals surface area contributed by atoms with Crippen molar-refractivity contribution in [3.63, 3.8) is 0 Å². The molecule has 0 N–H and O–H groups in total. The maximum Gasteiger partial charge on any atom is 0.247 e. The Hall–Kier alpha value is -2.62. The van der Waals surface area contributed by atoms with Gasteiger partial charge < -0.3 is 9.80 Å². The fraction of sp³-hybridized carbons (Fsp3) is 0.333. The van der Waals surface area contributed by atoms with Crippen LogP contribution in [0.15, 0.2) is 42.5 Å². The van der Waals surface area contributed by atoms with Crippen LogP contribution in [-0.4, -0.2) is 24.9 Å². The van der Waals surface area contributed by atoms with Crippen molar-refractivity contribution >= 4 is 23.2 Å². The molecule has 2 amide bonds. The average Bonchev–Trinajstić information content (AvgIpc) is 2.54. The first-order valence-electron chi connectivity index (χ1n) is 8.56. The van der Waals surface area contributed by atoms with Gasteiger partial charge in [0.25, 0.3) is 0 Å². The van der Waals surface area contributed by atoms with Gasteiger partial charge >= 0.3 is 0 Å². The van der Waals surface area contributed by atoms with E-state index < -0.39 is 0 Å². The van der Waals surface area contributed by atoms with Gasteiger partial charge in [-0.1, -0.05) is 29.8 Å². The largest absolute Gasteiger partial charge is 0.311 e. The van der Waals surface area contributed by atoms with Gasteiger partial charge in [-0.2, -0.15) is 0 Å². The maximum atomic E-state index is 12.9. The zero-order valence-corrected chi connectivity index (χ0v) is 15.7. The molecule has 0 atom stereocenters. The van der Waals surface area contributed by atoms with Gasteiger partial charge in [0, 0.05) is 24.8 Å². The summed E-state index contributed by atoms with van der Waals surface area (Å²) < 4.78 is 0. The molecule has 0 unspecified atom stereocenters. The molecular weight excluding hydrogens is 312 g/mol. The molecule has 0 saturated carbocycles. The SMILES string of the molecule is CCN(C(=O)CN(C(C)=O)c1ccc(C)cc1C)c1cccc(C)c1. The lowest BCUT2D eigenvalue weighted by Gasteiger charge is -2.27. The standard InChI is InChI=1S/C21H26N2O2/c1-6-22(19-9-7-8-15(2)13-19)21(25)14-23(18(5)24)20-11-10-16(3)12-17(20)4/h7-13H,6,14H2,1-5H3. The number of anilines is 2. The Bertz CT molecular complexity index is 783. The molecule has 0 aliphatic heterocycles. The third kappa shape index (κ3) is 4.47. The smallest absolute Gasteiger partial charge is 0.247 e. The summed E-state index contributed by atoms with van der Waals surface area (Å²) in [5.74, 6) is -0.233. The van der Waals surface area contributed by atoms with Crippen molar-refractivity contribution < 1.29 is 9.59 Å². The van der Waals surface area contributed by atoms with E-state index in [1.54, 1.807) is 9.80 Å². The number of carbonyl (C=O) groups is 2. The fourth-order valence-corrected chi connectivity index (χ4v) is 2.99. The van der Waals surface area contributed by atoms with E-state index in [1.807, 2.05) is 70.2 Å². The first-order chi connectivity index (χ1) is 11.8. The van der Waals surface area contributed by atoms with Gasteiger partial charge in [-0.3, -0.25) is 9.59 Å². The van der Waals surface area contributed by atoms with Gasteiger partial charge in [0.15, 0.2) is 0 Å². The van der Waals surface area contributed by atoms with Gasteiger partial charge in [-0.05, 0) is 57.0 Å². The van der Waals surface area contributed by atoms with E-state index >= 15 is 0 Å². The van der Waals surface area contributed by atoms with Gasteiger partial charge in [0.2, 0.25) is 11.8 Å². The van der Waals surface area contributed by atoms with E-state index in [0.717, 1.165) is 28.1 Å². The van der Waals surface area contributed by atoms with Gasteiger partial charge in [-0.15, -0.1) is 0 Å². The first kappa shape index (κ1) is 18.7. The van der Waals surface area contributed by atoms with Crippen LogP contribution in [0.1, 0.15) is 30.5 Å². The summed E-state index contributed by atoms with van der Waals surface area (Å²) >= 11 is 0. The molecule has 0 aromatic heterocycles. The second-order valence-electron chi connectivity index (χ2n) is 6.37. The predicted molar refractivity (Wildman–Crippen MR) is 103 cm³/mol. The lowest BCUT2D eigenvalue weighted by Crippen LogP contribution is -2.42. The predicted octanol–water partition coefficient (Wildman–Crippen LogP) is 4.02. The van der Waals surface area contributed by atoms with E-state index in [-0.39, 0.29) is 18.4 Å². The van der Waals surface area contributed by atoms with Gasteiger partial charge in [-0.25, -0.2) is 0 Å². The van der Waals surface area contributed by atoms with Crippen LogP contribution in [0.25, 0.3) is 0 Å². The summed E-state index contributed by atoms with van der Waals surface area (Å²) in [6.07, 6.45) is 0. The van der Waals surface area contributed by atoms with Crippen LogP contribution in [0.2, 0.25) is 0 Å². The third-order valence-corrected chi connectivity index (χ3v) is 4.25. The van der Waals surface area contributed by atoms with Crippen molar-refractivity contribution in [2.45, 2.75) is 34.6 Å². The zero-order valence-electron chi connectivity index (χ0n) is 15.7. The van der Waals surface area contributed by atoms with Crippen molar-refractivity contribution in [1.82, 2.24) is 0 Å². The van der Waals surface area contributed by atoms with E-state index in [9.17, 15) is 9.59 Å². The Kier molecular flexibility index (Phi) is 5.97. The third-order valence-electron chi connectivity index (χ3n) is 4.25. The minimum Gasteiger partial charge on any atom is -0.311 e. The van der Waals surface area contributed by atoms with Crippen LogP contribution < -0.4 is 9.80 Å². The van der Waals surface area contributed by atoms with Crippen molar-refractivity contribution in [2.75, 3.05) is 22.9 Å². The first-order valence-corrected chi connectivity index (χ1v) is 8.56. The normalized spacial score (nSPS) is 10.4. The maximum absolute atomic E-state index is 12.9. The number of aryl methyl sites for hydroxylation is 3. The number of hydrogen-bond donors (Lipinski definition) is 0. The van der Waals surface area contributed by atoms with E-state index in [4.69, 9.17) is 0 Å². The minimum absolute atomic E-state index is 0.0288. The van der Waals surface area contributed by atoms with E-state index in [0.29, 0.717) is 6.54 Å². The summed E-state index contributed by atoms with van der Waals surface area (Å²) in [7, 11) is 0. The van der Waals surface area contributed by atoms with Crippen molar-refractivity contribution in [3.05, 3.63) is 59.2 Å². The average molecular weight is 338 g/mol. The Morgan fingerprint density at radius 3 is 2.16 bits per heavy atom. The molecule has 2 aromatic carbocycles. The Morgan fingerprint density at radius 2 is 1.60 bits per heavy atom. The number of rotatable bonds is 5. The summed E-state index contributed by atoms with van der Waals surface area (Å²) in [5.41, 5.74) is 4.86. The number of likely N-dealkylation sites (N-methyl/N-ethyl adjacent to an activating group) is 1. The molecule has 0 heterocycles.